The van der Waals surface area contributed by atoms with Gasteiger partial charge in [-0.1, -0.05) is 13.8 Å². The summed E-state index contributed by atoms with van der Waals surface area (Å²) in [6, 6.07) is 0. The topological polar surface area (TPSA) is 87.4 Å². The molecule has 0 saturated heterocycles. The third-order valence-electron chi connectivity index (χ3n) is 3.95. The number of nitrogens with one attached hydrogen (secondary N) is 2. The second kappa shape index (κ2) is 9.14. The van der Waals surface area contributed by atoms with Gasteiger partial charge in [-0.25, -0.2) is 9.98 Å². The molecule has 0 aromatic carbocycles. The van der Waals surface area contributed by atoms with Crippen molar-refractivity contribution in [3.05, 3.63) is 34.0 Å². The summed E-state index contributed by atoms with van der Waals surface area (Å²) in [6.45, 7) is 9.83. The fraction of sp³-hybridized carbons (Fsp3) is 0.611. The first-order valence-electron chi connectivity index (χ1n) is 8.99. The van der Waals surface area contributed by atoms with Gasteiger partial charge in [0.25, 0.3) is 0 Å². The number of thiazole rings is 1. The average Bonchev–Trinajstić information content (AvgIpc) is 3.22. The second-order valence-corrected chi connectivity index (χ2v) is 7.77. The van der Waals surface area contributed by atoms with Gasteiger partial charge in [-0.3, -0.25) is 4.68 Å². The van der Waals surface area contributed by atoms with Crippen molar-refractivity contribution < 1.29 is 5.11 Å². The van der Waals surface area contributed by atoms with Gasteiger partial charge >= 0.3 is 0 Å². The maximum absolute atomic E-state index is 10.6. The fourth-order valence-corrected chi connectivity index (χ4v) is 3.25. The lowest BCUT2D eigenvalue weighted by atomic mass is 10.0. The van der Waals surface area contributed by atoms with Crippen LogP contribution in [0.3, 0.4) is 0 Å². The highest BCUT2D eigenvalue weighted by atomic mass is 32.1. The van der Waals surface area contributed by atoms with Crippen molar-refractivity contribution in [2.75, 3.05) is 19.6 Å². The number of aliphatic hydroxyl groups is 1. The molecule has 8 heteroatoms. The van der Waals surface area contributed by atoms with Crippen LogP contribution >= 0.6 is 11.3 Å². The summed E-state index contributed by atoms with van der Waals surface area (Å²) in [4.78, 5) is 9.17. The number of rotatable bonds is 8. The maximum Gasteiger partial charge on any atom is 0.191 e. The van der Waals surface area contributed by atoms with Crippen molar-refractivity contribution >= 4 is 17.3 Å². The molecule has 1 atom stereocenters. The fourth-order valence-electron chi connectivity index (χ4n) is 2.38. The molecule has 2 aromatic rings. The Morgan fingerprint density at radius 2 is 2.19 bits per heavy atom. The second-order valence-electron chi connectivity index (χ2n) is 6.88. The molecule has 7 nitrogen and oxygen atoms in total. The van der Waals surface area contributed by atoms with Crippen LogP contribution in [0.15, 0.2) is 22.8 Å². The highest BCUT2D eigenvalue weighted by Gasteiger charge is 2.24. The quantitative estimate of drug-likeness (QED) is 0.483. The number of hydrogen-bond donors (Lipinski definition) is 3. The monoisotopic (exact) mass is 378 g/mol. The van der Waals surface area contributed by atoms with Crippen molar-refractivity contribution in [1.82, 2.24) is 25.4 Å². The van der Waals surface area contributed by atoms with Gasteiger partial charge in [-0.15, -0.1) is 11.3 Å². The molecule has 1 unspecified atom stereocenters. The largest absolute Gasteiger partial charge is 0.383 e. The van der Waals surface area contributed by atoms with E-state index in [1.807, 2.05) is 20.2 Å². The van der Waals surface area contributed by atoms with E-state index in [1.165, 1.54) is 5.01 Å². The predicted octanol–water partition coefficient (Wildman–Crippen LogP) is 2.01. The minimum absolute atomic E-state index is 0.252. The molecule has 0 spiro atoms. The summed E-state index contributed by atoms with van der Waals surface area (Å²) in [5.41, 5.74) is 0.796. The van der Waals surface area contributed by atoms with Crippen LogP contribution in [0.25, 0.3) is 0 Å². The standard InChI is InChI=1S/C18H30N6OS/c1-6-19-17(20-8-7-15-11-26-16(23-15)13(2)3)21-12-18(4,25)14-9-22-24(5)10-14/h9-11,13,25H,6-8,12H2,1-5H3,(H2,19,20,21). The van der Waals surface area contributed by atoms with Gasteiger partial charge in [0, 0.05) is 49.6 Å². The Labute approximate surface area is 159 Å². The molecule has 0 aliphatic heterocycles. The Bertz CT molecular complexity index is 719. The molecule has 0 aliphatic rings. The van der Waals surface area contributed by atoms with E-state index in [2.05, 4.69) is 44.9 Å². The molecule has 2 rings (SSSR count). The maximum atomic E-state index is 10.6. The van der Waals surface area contributed by atoms with Crippen molar-refractivity contribution in [2.45, 2.75) is 45.6 Å². The average molecular weight is 379 g/mol. The van der Waals surface area contributed by atoms with Crippen molar-refractivity contribution in [1.29, 1.82) is 0 Å². The number of aliphatic imine (C=N–C) groups is 1. The minimum Gasteiger partial charge on any atom is -0.383 e. The lowest BCUT2D eigenvalue weighted by molar-refractivity contribution is 0.0672. The third-order valence-corrected chi connectivity index (χ3v) is 5.15. The Morgan fingerprint density at radius 3 is 2.77 bits per heavy atom. The molecule has 0 saturated carbocycles. The molecular formula is C18H30N6OS. The van der Waals surface area contributed by atoms with Gasteiger partial charge < -0.3 is 15.7 Å². The lowest BCUT2D eigenvalue weighted by Gasteiger charge is -2.20. The Morgan fingerprint density at radius 1 is 1.42 bits per heavy atom. The smallest absolute Gasteiger partial charge is 0.191 e. The van der Waals surface area contributed by atoms with Crippen LogP contribution in [0.4, 0.5) is 0 Å². The van der Waals surface area contributed by atoms with E-state index in [1.54, 1.807) is 29.1 Å². The van der Waals surface area contributed by atoms with E-state index < -0.39 is 5.60 Å². The van der Waals surface area contributed by atoms with Gasteiger partial charge in [0.1, 0.15) is 5.60 Å². The van der Waals surface area contributed by atoms with E-state index in [9.17, 15) is 5.11 Å². The van der Waals surface area contributed by atoms with Gasteiger partial charge in [0.2, 0.25) is 0 Å². The molecule has 0 amide bonds. The highest BCUT2D eigenvalue weighted by Crippen LogP contribution is 2.20. The minimum atomic E-state index is -1.06. The van der Waals surface area contributed by atoms with Crippen LogP contribution in [0, 0.1) is 0 Å². The SMILES string of the molecule is CCNC(=NCC(C)(O)c1cnn(C)c1)NCCc1csc(C(C)C)n1. The van der Waals surface area contributed by atoms with E-state index in [4.69, 9.17) is 0 Å². The van der Waals surface area contributed by atoms with Gasteiger partial charge in [-0.2, -0.15) is 5.10 Å². The molecule has 0 aliphatic carbocycles. The van der Waals surface area contributed by atoms with Crippen molar-refractivity contribution in [3.8, 4) is 0 Å². The number of hydrogen-bond acceptors (Lipinski definition) is 5. The highest BCUT2D eigenvalue weighted by molar-refractivity contribution is 7.09. The van der Waals surface area contributed by atoms with Crippen molar-refractivity contribution in [3.63, 3.8) is 0 Å². The predicted molar refractivity (Wildman–Crippen MR) is 107 cm³/mol. The zero-order chi connectivity index (χ0) is 19.2. The number of guanidine groups is 1. The summed E-state index contributed by atoms with van der Waals surface area (Å²) in [6.07, 6.45) is 4.32. The number of aryl methyl sites for hydroxylation is 1. The molecule has 2 aromatic heterocycles. The molecule has 2 heterocycles. The third kappa shape index (κ3) is 5.81. The molecule has 0 bridgehead atoms. The van der Waals surface area contributed by atoms with E-state index in [0.29, 0.717) is 11.9 Å². The van der Waals surface area contributed by atoms with Gasteiger partial charge in [0.05, 0.1) is 23.4 Å². The Hall–Kier alpha value is -1.93. The molecule has 0 fully saturated rings. The molecule has 3 N–H and O–H groups in total. The van der Waals surface area contributed by atoms with Crippen LogP contribution in [-0.2, 0) is 19.1 Å². The first-order chi connectivity index (χ1) is 12.3. The molecule has 144 valence electrons. The zero-order valence-corrected chi connectivity index (χ0v) is 17.1. The molecular weight excluding hydrogens is 348 g/mol. The van der Waals surface area contributed by atoms with Crippen LogP contribution in [-0.4, -0.2) is 45.5 Å². The molecule has 0 radical (unpaired) electrons. The van der Waals surface area contributed by atoms with Crippen LogP contribution in [0.5, 0.6) is 0 Å². The number of aromatic nitrogens is 3. The molecule has 26 heavy (non-hydrogen) atoms. The first-order valence-corrected chi connectivity index (χ1v) is 9.87. The van der Waals surface area contributed by atoms with E-state index in [0.717, 1.165) is 30.8 Å². The van der Waals surface area contributed by atoms with Gasteiger partial charge in [0.15, 0.2) is 5.96 Å². The Balaban J connectivity index is 1.91. The summed E-state index contributed by atoms with van der Waals surface area (Å²) in [5, 5.41) is 24.6. The van der Waals surface area contributed by atoms with E-state index >= 15 is 0 Å². The summed E-state index contributed by atoms with van der Waals surface area (Å²) in [5.74, 6) is 1.16. The van der Waals surface area contributed by atoms with Crippen LogP contribution < -0.4 is 10.6 Å². The number of nitrogens with zero attached hydrogens (tertiary/aromatic N) is 4. The lowest BCUT2D eigenvalue weighted by Crippen LogP contribution is -2.39. The normalized spacial score (nSPS) is 14.5. The van der Waals surface area contributed by atoms with Gasteiger partial charge in [-0.05, 0) is 13.8 Å². The van der Waals surface area contributed by atoms with Crippen LogP contribution in [0.2, 0.25) is 0 Å². The summed E-state index contributed by atoms with van der Waals surface area (Å²) >= 11 is 1.71. The first kappa shape index (κ1) is 20.4. The summed E-state index contributed by atoms with van der Waals surface area (Å²) < 4.78 is 1.68. The van der Waals surface area contributed by atoms with Crippen LogP contribution in [0.1, 0.15) is 49.9 Å². The zero-order valence-electron chi connectivity index (χ0n) is 16.3. The Kier molecular flexibility index (Phi) is 7.16. The summed E-state index contributed by atoms with van der Waals surface area (Å²) in [7, 11) is 1.83. The van der Waals surface area contributed by atoms with E-state index in [-0.39, 0.29) is 6.54 Å². The van der Waals surface area contributed by atoms with Crippen molar-refractivity contribution in [2.24, 2.45) is 12.0 Å².